The normalized spacial score (nSPS) is 10.6. The molecule has 0 saturated heterocycles. The summed E-state index contributed by atoms with van der Waals surface area (Å²) < 4.78 is 1.41. The van der Waals surface area contributed by atoms with Gasteiger partial charge in [0.1, 0.15) is 12.7 Å². The maximum absolute atomic E-state index is 13.5. The van der Waals surface area contributed by atoms with Crippen LogP contribution in [0.5, 0.6) is 0 Å². The first kappa shape index (κ1) is 20.5. The molecule has 31 heavy (non-hydrogen) atoms. The number of pyridine rings is 1. The van der Waals surface area contributed by atoms with Gasteiger partial charge in [-0.2, -0.15) is 0 Å². The standard InChI is InChI=1S/C21H14Cl2N6O2/c22-17-7-5-14(10-16(17)19-3-1-2-8-25-19)29(28-11-26-27-12-28)21(31)15-6-4-13(20(24)30)9-18(15)23/h1-12H,(H2,24,30). The molecule has 0 aliphatic heterocycles. The number of nitrogens with zero attached hydrogens (tertiary/aromatic N) is 5. The quantitative estimate of drug-likeness (QED) is 0.494. The second-order valence-corrected chi connectivity index (χ2v) is 7.21. The van der Waals surface area contributed by atoms with E-state index in [0.29, 0.717) is 22.0 Å². The molecule has 0 atom stereocenters. The first-order valence-electron chi connectivity index (χ1n) is 8.95. The fraction of sp³-hybridized carbons (Fsp3) is 0. The van der Waals surface area contributed by atoms with Crippen LogP contribution in [0.2, 0.25) is 10.0 Å². The molecule has 0 fully saturated rings. The average Bonchev–Trinajstić information content (AvgIpc) is 3.29. The highest BCUT2D eigenvalue weighted by Crippen LogP contribution is 2.32. The SMILES string of the molecule is NC(=O)c1ccc(C(=O)N(c2ccc(Cl)c(-c3ccccn3)c2)n2cnnc2)c(Cl)c1. The van der Waals surface area contributed by atoms with Crippen molar-refractivity contribution in [3.63, 3.8) is 0 Å². The molecule has 2 amide bonds. The van der Waals surface area contributed by atoms with Gasteiger partial charge in [-0.05, 0) is 48.5 Å². The smallest absolute Gasteiger partial charge is 0.279 e. The topological polar surface area (TPSA) is 107 Å². The van der Waals surface area contributed by atoms with Gasteiger partial charge >= 0.3 is 0 Å². The number of amides is 2. The third kappa shape index (κ3) is 4.11. The van der Waals surface area contributed by atoms with Crippen molar-refractivity contribution in [2.45, 2.75) is 0 Å². The highest BCUT2D eigenvalue weighted by molar-refractivity contribution is 6.35. The zero-order chi connectivity index (χ0) is 22.0. The van der Waals surface area contributed by atoms with E-state index in [0.717, 1.165) is 0 Å². The Bertz CT molecular complexity index is 1260. The van der Waals surface area contributed by atoms with Crippen LogP contribution in [0.3, 0.4) is 0 Å². The fourth-order valence-corrected chi connectivity index (χ4v) is 3.45. The molecule has 2 heterocycles. The summed E-state index contributed by atoms with van der Waals surface area (Å²) in [5.74, 6) is -1.12. The van der Waals surface area contributed by atoms with E-state index in [-0.39, 0.29) is 16.1 Å². The van der Waals surface area contributed by atoms with Crippen molar-refractivity contribution in [1.82, 2.24) is 19.9 Å². The highest BCUT2D eigenvalue weighted by atomic mass is 35.5. The van der Waals surface area contributed by atoms with Gasteiger partial charge in [0, 0.05) is 17.3 Å². The minimum absolute atomic E-state index is 0.0817. The number of nitrogens with two attached hydrogens (primary N) is 1. The van der Waals surface area contributed by atoms with E-state index >= 15 is 0 Å². The second-order valence-electron chi connectivity index (χ2n) is 6.40. The maximum Gasteiger partial charge on any atom is 0.279 e. The number of hydrogen-bond donors (Lipinski definition) is 1. The van der Waals surface area contributed by atoms with Crippen molar-refractivity contribution in [2.24, 2.45) is 5.73 Å². The van der Waals surface area contributed by atoms with E-state index < -0.39 is 11.8 Å². The Morgan fingerprint density at radius 3 is 2.35 bits per heavy atom. The van der Waals surface area contributed by atoms with Crippen LogP contribution >= 0.6 is 23.2 Å². The summed E-state index contributed by atoms with van der Waals surface area (Å²) >= 11 is 12.7. The van der Waals surface area contributed by atoms with Gasteiger partial charge in [-0.3, -0.25) is 14.6 Å². The Kier molecular flexibility index (Phi) is 5.66. The first-order valence-corrected chi connectivity index (χ1v) is 9.71. The Morgan fingerprint density at radius 1 is 0.935 bits per heavy atom. The molecule has 2 N–H and O–H groups in total. The lowest BCUT2D eigenvalue weighted by Gasteiger charge is -2.24. The van der Waals surface area contributed by atoms with Crippen LogP contribution in [0, 0.1) is 0 Å². The third-order valence-electron chi connectivity index (χ3n) is 4.45. The van der Waals surface area contributed by atoms with E-state index in [1.54, 1.807) is 30.5 Å². The Morgan fingerprint density at radius 2 is 1.71 bits per heavy atom. The Hall–Kier alpha value is -3.75. The van der Waals surface area contributed by atoms with Crippen molar-refractivity contribution in [1.29, 1.82) is 0 Å². The van der Waals surface area contributed by atoms with Gasteiger partial charge in [-0.15, -0.1) is 10.2 Å². The largest absolute Gasteiger partial charge is 0.366 e. The molecular weight excluding hydrogens is 439 g/mol. The van der Waals surface area contributed by atoms with Crippen LogP contribution in [-0.2, 0) is 0 Å². The van der Waals surface area contributed by atoms with E-state index in [2.05, 4.69) is 15.2 Å². The van der Waals surface area contributed by atoms with Crippen LogP contribution in [0.25, 0.3) is 11.3 Å². The molecule has 4 aromatic rings. The predicted molar refractivity (Wildman–Crippen MR) is 117 cm³/mol. The van der Waals surface area contributed by atoms with Crippen LogP contribution in [0.4, 0.5) is 5.69 Å². The lowest BCUT2D eigenvalue weighted by Crippen LogP contribution is -2.35. The van der Waals surface area contributed by atoms with Gasteiger partial charge in [0.2, 0.25) is 5.91 Å². The van der Waals surface area contributed by atoms with Crippen LogP contribution in [0.15, 0.2) is 73.4 Å². The van der Waals surface area contributed by atoms with Crippen LogP contribution < -0.4 is 10.7 Å². The highest BCUT2D eigenvalue weighted by Gasteiger charge is 2.24. The van der Waals surface area contributed by atoms with E-state index in [1.165, 1.54) is 40.5 Å². The van der Waals surface area contributed by atoms with Crippen LogP contribution in [-0.4, -0.2) is 31.7 Å². The van der Waals surface area contributed by atoms with Gasteiger partial charge in [0.05, 0.1) is 27.0 Å². The molecule has 0 spiro atoms. The predicted octanol–water partition coefficient (Wildman–Crippen LogP) is 3.86. The van der Waals surface area contributed by atoms with E-state index in [9.17, 15) is 9.59 Å². The first-order chi connectivity index (χ1) is 15.0. The zero-order valence-electron chi connectivity index (χ0n) is 15.8. The van der Waals surface area contributed by atoms with Crippen molar-refractivity contribution in [3.8, 4) is 11.3 Å². The van der Waals surface area contributed by atoms with Crippen molar-refractivity contribution in [2.75, 3.05) is 5.01 Å². The third-order valence-corrected chi connectivity index (χ3v) is 5.09. The summed E-state index contributed by atoms with van der Waals surface area (Å²) in [4.78, 5) is 29.2. The van der Waals surface area contributed by atoms with E-state index in [4.69, 9.17) is 28.9 Å². The molecule has 2 aromatic carbocycles. The Balaban J connectivity index is 1.82. The van der Waals surface area contributed by atoms with E-state index in [1.807, 2.05) is 12.1 Å². The number of halogens is 2. The zero-order valence-corrected chi connectivity index (χ0v) is 17.3. The van der Waals surface area contributed by atoms with Crippen molar-refractivity contribution in [3.05, 3.63) is 94.6 Å². The number of hydrogen-bond acceptors (Lipinski definition) is 5. The second kappa shape index (κ2) is 8.55. The molecule has 154 valence electrons. The number of primary amides is 1. The molecule has 0 radical (unpaired) electrons. The number of carbonyl (C=O) groups is 2. The number of anilines is 1. The fourth-order valence-electron chi connectivity index (χ4n) is 2.97. The summed E-state index contributed by atoms with van der Waals surface area (Å²) in [5, 5.41) is 9.46. The molecule has 0 saturated carbocycles. The molecule has 0 unspecified atom stereocenters. The molecule has 4 rings (SSSR count). The molecule has 0 bridgehead atoms. The number of benzene rings is 2. The molecule has 2 aromatic heterocycles. The molecule has 0 aliphatic rings. The lowest BCUT2D eigenvalue weighted by atomic mass is 10.1. The van der Waals surface area contributed by atoms with Gasteiger partial charge in [-0.25, -0.2) is 9.69 Å². The lowest BCUT2D eigenvalue weighted by molar-refractivity contribution is 0.0971. The molecular formula is C21H14Cl2N6O2. The van der Waals surface area contributed by atoms with Crippen molar-refractivity contribution >= 4 is 40.7 Å². The van der Waals surface area contributed by atoms with Crippen LogP contribution in [0.1, 0.15) is 20.7 Å². The number of carbonyl (C=O) groups excluding carboxylic acids is 2. The maximum atomic E-state index is 13.5. The molecule has 8 nitrogen and oxygen atoms in total. The molecule has 10 heteroatoms. The Labute approximate surface area is 186 Å². The summed E-state index contributed by atoms with van der Waals surface area (Å²) in [7, 11) is 0. The van der Waals surface area contributed by atoms with Gasteiger partial charge in [0.25, 0.3) is 5.91 Å². The minimum Gasteiger partial charge on any atom is -0.366 e. The average molecular weight is 453 g/mol. The summed E-state index contributed by atoms with van der Waals surface area (Å²) in [6.45, 7) is 0. The van der Waals surface area contributed by atoms with Crippen molar-refractivity contribution < 1.29 is 9.59 Å². The number of aromatic nitrogens is 4. The summed E-state index contributed by atoms with van der Waals surface area (Å²) in [5.41, 5.74) is 7.41. The number of rotatable bonds is 5. The van der Waals surface area contributed by atoms with Gasteiger partial charge < -0.3 is 5.73 Å². The van der Waals surface area contributed by atoms with Gasteiger partial charge in [-0.1, -0.05) is 29.3 Å². The monoisotopic (exact) mass is 452 g/mol. The summed E-state index contributed by atoms with van der Waals surface area (Å²) in [6, 6.07) is 14.8. The minimum atomic E-state index is -0.644. The van der Waals surface area contributed by atoms with Gasteiger partial charge in [0.15, 0.2) is 0 Å². The molecule has 0 aliphatic carbocycles. The summed E-state index contributed by atoms with van der Waals surface area (Å²) in [6.07, 6.45) is 4.40.